The lowest BCUT2D eigenvalue weighted by atomic mass is 10.1. The second kappa shape index (κ2) is 6.38. The molecule has 16 heavy (non-hydrogen) atoms. The molecular formula is C13H22N2S. The van der Waals surface area contributed by atoms with Gasteiger partial charge in [-0.2, -0.15) is 0 Å². The van der Waals surface area contributed by atoms with Gasteiger partial charge in [0.15, 0.2) is 0 Å². The summed E-state index contributed by atoms with van der Waals surface area (Å²) in [5, 5.41) is 7.14. The normalized spacial score (nSPS) is 21.9. The molecule has 1 fully saturated rings. The second-order valence-corrected chi connectivity index (χ2v) is 5.73. The molecule has 2 nitrogen and oxygen atoms in total. The Morgan fingerprint density at radius 3 is 3.00 bits per heavy atom. The van der Waals surface area contributed by atoms with E-state index in [1.807, 2.05) is 11.3 Å². The minimum absolute atomic E-state index is 0.710. The fourth-order valence-electron chi connectivity index (χ4n) is 2.18. The number of thiophene rings is 1. The van der Waals surface area contributed by atoms with Crippen molar-refractivity contribution in [3.63, 3.8) is 0 Å². The summed E-state index contributed by atoms with van der Waals surface area (Å²) in [5.74, 6) is 0. The Morgan fingerprint density at radius 2 is 2.19 bits per heavy atom. The Hall–Kier alpha value is -0.380. The van der Waals surface area contributed by atoms with E-state index in [1.165, 1.54) is 42.1 Å². The van der Waals surface area contributed by atoms with Crippen molar-refractivity contribution in [3.05, 3.63) is 21.9 Å². The van der Waals surface area contributed by atoms with Crippen LogP contribution in [0, 0.1) is 0 Å². The SMILES string of the molecule is CCc1ccc(CNC2CCCNCC2)s1. The Labute approximate surface area is 102 Å². The van der Waals surface area contributed by atoms with E-state index < -0.39 is 0 Å². The van der Waals surface area contributed by atoms with Gasteiger partial charge in [0.1, 0.15) is 0 Å². The third-order valence-corrected chi connectivity index (χ3v) is 4.44. The molecule has 3 heteroatoms. The summed E-state index contributed by atoms with van der Waals surface area (Å²) < 4.78 is 0. The molecule has 2 rings (SSSR count). The molecule has 0 spiro atoms. The van der Waals surface area contributed by atoms with Gasteiger partial charge in [0.05, 0.1) is 0 Å². The maximum atomic E-state index is 3.69. The molecule has 0 amide bonds. The minimum Gasteiger partial charge on any atom is -0.317 e. The largest absolute Gasteiger partial charge is 0.317 e. The number of aryl methyl sites for hydroxylation is 1. The van der Waals surface area contributed by atoms with E-state index in [4.69, 9.17) is 0 Å². The molecule has 0 aromatic carbocycles. The first-order chi connectivity index (χ1) is 7.88. The summed E-state index contributed by atoms with van der Waals surface area (Å²) >= 11 is 1.95. The zero-order valence-corrected chi connectivity index (χ0v) is 10.9. The number of nitrogens with one attached hydrogen (secondary N) is 2. The Kier molecular flexibility index (Phi) is 4.82. The molecule has 1 aliphatic rings. The van der Waals surface area contributed by atoms with Gasteiger partial charge in [0.2, 0.25) is 0 Å². The third-order valence-electron chi connectivity index (χ3n) is 3.21. The van der Waals surface area contributed by atoms with Crippen LogP contribution in [-0.2, 0) is 13.0 Å². The van der Waals surface area contributed by atoms with Gasteiger partial charge in [0, 0.05) is 22.3 Å². The number of hydrogen-bond donors (Lipinski definition) is 2. The molecule has 1 aromatic heterocycles. The molecule has 1 aliphatic heterocycles. The van der Waals surface area contributed by atoms with Crippen LogP contribution in [0.1, 0.15) is 35.9 Å². The van der Waals surface area contributed by atoms with Crippen LogP contribution in [-0.4, -0.2) is 19.1 Å². The summed E-state index contributed by atoms with van der Waals surface area (Å²) in [4.78, 5) is 2.98. The zero-order chi connectivity index (χ0) is 11.2. The van der Waals surface area contributed by atoms with Crippen molar-refractivity contribution in [1.29, 1.82) is 0 Å². The van der Waals surface area contributed by atoms with Gasteiger partial charge in [-0.25, -0.2) is 0 Å². The molecule has 0 aliphatic carbocycles. The van der Waals surface area contributed by atoms with Gasteiger partial charge in [-0.15, -0.1) is 11.3 Å². The van der Waals surface area contributed by atoms with Crippen LogP contribution in [0.25, 0.3) is 0 Å². The highest BCUT2D eigenvalue weighted by Crippen LogP contribution is 2.17. The van der Waals surface area contributed by atoms with E-state index in [-0.39, 0.29) is 0 Å². The van der Waals surface area contributed by atoms with Crippen LogP contribution in [0.5, 0.6) is 0 Å². The standard InChI is InChI=1S/C13H22N2S/c1-2-12-5-6-13(16-12)10-15-11-4-3-8-14-9-7-11/h5-6,11,14-15H,2-4,7-10H2,1H3. The van der Waals surface area contributed by atoms with Crippen molar-refractivity contribution in [2.24, 2.45) is 0 Å². The van der Waals surface area contributed by atoms with E-state index in [1.54, 1.807) is 0 Å². The van der Waals surface area contributed by atoms with E-state index >= 15 is 0 Å². The molecule has 2 N–H and O–H groups in total. The highest BCUT2D eigenvalue weighted by molar-refractivity contribution is 7.11. The van der Waals surface area contributed by atoms with Gasteiger partial charge in [-0.05, 0) is 50.9 Å². The van der Waals surface area contributed by atoms with Crippen molar-refractivity contribution in [3.8, 4) is 0 Å². The topological polar surface area (TPSA) is 24.1 Å². The van der Waals surface area contributed by atoms with E-state index in [0.29, 0.717) is 6.04 Å². The van der Waals surface area contributed by atoms with Gasteiger partial charge in [-0.1, -0.05) is 6.92 Å². The van der Waals surface area contributed by atoms with Crippen LogP contribution in [0.3, 0.4) is 0 Å². The van der Waals surface area contributed by atoms with Gasteiger partial charge < -0.3 is 10.6 Å². The highest BCUT2D eigenvalue weighted by Gasteiger charge is 2.11. The molecule has 0 radical (unpaired) electrons. The fourth-order valence-corrected chi connectivity index (χ4v) is 3.08. The Morgan fingerprint density at radius 1 is 1.31 bits per heavy atom. The van der Waals surface area contributed by atoms with Gasteiger partial charge >= 0.3 is 0 Å². The molecular weight excluding hydrogens is 216 g/mol. The van der Waals surface area contributed by atoms with Crippen LogP contribution in [0.4, 0.5) is 0 Å². The summed E-state index contributed by atoms with van der Waals surface area (Å²) in [6, 6.07) is 5.24. The predicted molar refractivity (Wildman–Crippen MR) is 71.0 cm³/mol. The Balaban J connectivity index is 1.77. The second-order valence-electron chi connectivity index (χ2n) is 4.48. The predicted octanol–water partition coefficient (Wildman–Crippen LogP) is 2.54. The maximum absolute atomic E-state index is 3.69. The quantitative estimate of drug-likeness (QED) is 0.842. The maximum Gasteiger partial charge on any atom is 0.0302 e. The van der Waals surface area contributed by atoms with Crippen LogP contribution < -0.4 is 10.6 Å². The lowest BCUT2D eigenvalue weighted by Gasteiger charge is -2.14. The Bertz CT molecular complexity index is 301. The lowest BCUT2D eigenvalue weighted by Crippen LogP contribution is -2.29. The molecule has 2 heterocycles. The van der Waals surface area contributed by atoms with Crippen LogP contribution in [0.15, 0.2) is 12.1 Å². The summed E-state index contributed by atoms with van der Waals surface area (Å²) in [5.41, 5.74) is 0. The van der Waals surface area contributed by atoms with Crippen molar-refractivity contribution in [1.82, 2.24) is 10.6 Å². The average Bonchev–Trinajstić information content (AvgIpc) is 2.61. The summed E-state index contributed by atoms with van der Waals surface area (Å²) in [7, 11) is 0. The molecule has 1 saturated heterocycles. The van der Waals surface area contributed by atoms with E-state index in [9.17, 15) is 0 Å². The first-order valence-corrected chi connectivity index (χ1v) is 7.22. The third kappa shape index (κ3) is 3.58. The molecule has 1 unspecified atom stereocenters. The smallest absolute Gasteiger partial charge is 0.0302 e. The number of rotatable bonds is 4. The summed E-state index contributed by atoms with van der Waals surface area (Å²) in [6.07, 6.45) is 5.06. The first-order valence-electron chi connectivity index (χ1n) is 6.40. The highest BCUT2D eigenvalue weighted by atomic mass is 32.1. The average molecular weight is 238 g/mol. The van der Waals surface area contributed by atoms with Crippen molar-refractivity contribution >= 4 is 11.3 Å². The van der Waals surface area contributed by atoms with Crippen molar-refractivity contribution < 1.29 is 0 Å². The zero-order valence-electron chi connectivity index (χ0n) is 10.1. The van der Waals surface area contributed by atoms with E-state index in [2.05, 4.69) is 29.7 Å². The van der Waals surface area contributed by atoms with Crippen molar-refractivity contribution in [2.75, 3.05) is 13.1 Å². The monoisotopic (exact) mass is 238 g/mol. The summed E-state index contributed by atoms with van der Waals surface area (Å²) in [6.45, 7) is 5.63. The molecule has 90 valence electrons. The molecule has 0 saturated carbocycles. The molecule has 1 atom stereocenters. The minimum atomic E-state index is 0.710. The lowest BCUT2D eigenvalue weighted by molar-refractivity contribution is 0.470. The van der Waals surface area contributed by atoms with Gasteiger partial charge in [-0.3, -0.25) is 0 Å². The van der Waals surface area contributed by atoms with Crippen molar-refractivity contribution in [2.45, 2.75) is 45.2 Å². The van der Waals surface area contributed by atoms with Crippen LogP contribution >= 0.6 is 11.3 Å². The van der Waals surface area contributed by atoms with Gasteiger partial charge in [0.25, 0.3) is 0 Å². The van der Waals surface area contributed by atoms with E-state index in [0.717, 1.165) is 13.0 Å². The molecule has 0 bridgehead atoms. The molecule has 1 aromatic rings. The van der Waals surface area contributed by atoms with Crippen LogP contribution in [0.2, 0.25) is 0 Å². The fraction of sp³-hybridized carbons (Fsp3) is 0.692. The first kappa shape index (κ1) is 12.1. The number of hydrogen-bond acceptors (Lipinski definition) is 3.